The van der Waals surface area contributed by atoms with E-state index in [2.05, 4.69) is 20.5 Å². The molecule has 0 bridgehead atoms. The number of aliphatic hydroxyl groups excluding tert-OH is 1. The van der Waals surface area contributed by atoms with Crippen molar-refractivity contribution in [2.45, 2.75) is 56.1 Å². The number of hydrogen-bond donors (Lipinski definition) is 3. The molecular formula is C32H45N5O7S2. The lowest BCUT2D eigenvalue weighted by Gasteiger charge is -2.35. The quantitative estimate of drug-likeness (QED) is 0.220. The number of nitrogens with zero attached hydrogens (tertiary/aromatic N) is 3. The van der Waals surface area contributed by atoms with E-state index in [0.717, 1.165) is 28.4 Å². The van der Waals surface area contributed by atoms with Crippen LogP contribution in [0.4, 0.5) is 9.93 Å². The summed E-state index contributed by atoms with van der Waals surface area (Å²) in [5.41, 5.74) is 1.57. The lowest BCUT2D eigenvalue weighted by Crippen LogP contribution is -2.53. The molecule has 2 aromatic carbocycles. The smallest absolute Gasteiger partial charge is 0.407 e. The number of hydrogen-bond acceptors (Lipinski definition) is 11. The highest BCUT2D eigenvalue weighted by Gasteiger charge is 2.44. The predicted octanol–water partition coefficient (Wildman–Crippen LogP) is 3.38. The maximum Gasteiger partial charge on any atom is 0.407 e. The highest BCUT2D eigenvalue weighted by Crippen LogP contribution is 2.33. The molecule has 12 nitrogen and oxygen atoms in total. The fraction of sp³-hybridized carbons (Fsp3) is 0.562. The lowest BCUT2D eigenvalue weighted by atomic mass is 10.0. The number of thiazole rings is 1. The van der Waals surface area contributed by atoms with E-state index >= 15 is 0 Å². The van der Waals surface area contributed by atoms with E-state index in [4.69, 9.17) is 14.2 Å². The Morgan fingerprint density at radius 2 is 1.96 bits per heavy atom. The fourth-order valence-electron chi connectivity index (χ4n) is 5.77. The first-order valence-electron chi connectivity index (χ1n) is 15.7. The van der Waals surface area contributed by atoms with Crippen LogP contribution in [0.1, 0.15) is 25.8 Å². The van der Waals surface area contributed by atoms with Crippen LogP contribution in [0.5, 0.6) is 0 Å². The summed E-state index contributed by atoms with van der Waals surface area (Å²) in [6, 6.07) is 13.5. The van der Waals surface area contributed by atoms with Gasteiger partial charge in [-0.3, -0.25) is 0 Å². The third-order valence-corrected chi connectivity index (χ3v) is 11.0. The summed E-state index contributed by atoms with van der Waals surface area (Å²) in [4.78, 5) is 19.6. The van der Waals surface area contributed by atoms with Crippen molar-refractivity contribution in [3.8, 4) is 0 Å². The van der Waals surface area contributed by atoms with Gasteiger partial charge in [0.05, 0.1) is 46.4 Å². The molecule has 0 saturated carbocycles. The van der Waals surface area contributed by atoms with Crippen LogP contribution in [-0.2, 0) is 30.7 Å². The summed E-state index contributed by atoms with van der Waals surface area (Å²) >= 11 is 1.40. The largest absolute Gasteiger partial charge is 0.443 e. The maximum atomic E-state index is 14.4. The van der Waals surface area contributed by atoms with Crippen LogP contribution in [-0.4, -0.2) is 112 Å². The van der Waals surface area contributed by atoms with E-state index in [1.807, 2.05) is 58.3 Å². The zero-order valence-corrected chi connectivity index (χ0v) is 28.4. The van der Waals surface area contributed by atoms with Gasteiger partial charge in [-0.25, -0.2) is 18.2 Å². The van der Waals surface area contributed by atoms with Gasteiger partial charge in [-0.15, -0.1) is 0 Å². The van der Waals surface area contributed by atoms with Gasteiger partial charge < -0.3 is 34.9 Å². The highest BCUT2D eigenvalue weighted by molar-refractivity contribution is 7.89. The Morgan fingerprint density at radius 3 is 2.70 bits per heavy atom. The third-order valence-electron chi connectivity index (χ3n) is 8.15. The second-order valence-corrected chi connectivity index (χ2v) is 15.4. The number of aromatic nitrogens is 1. The van der Waals surface area contributed by atoms with Gasteiger partial charge in [0.25, 0.3) is 0 Å². The van der Waals surface area contributed by atoms with Crippen molar-refractivity contribution < 1.29 is 32.5 Å². The van der Waals surface area contributed by atoms with E-state index in [0.29, 0.717) is 18.7 Å². The fourth-order valence-corrected chi connectivity index (χ4v) is 8.62. The Labute approximate surface area is 275 Å². The van der Waals surface area contributed by atoms with Crippen LogP contribution in [0.2, 0.25) is 0 Å². The molecule has 252 valence electrons. The van der Waals surface area contributed by atoms with E-state index in [9.17, 15) is 18.3 Å². The third kappa shape index (κ3) is 8.54. The van der Waals surface area contributed by atoms with Gasteiger partial charge >= 0.3 is 6.09 Å². The monoisotopic (exact) mass is 675 g/mol. The number of carbonyl (C=O) groups is 1. The van der Waals surface area contributed by atoms with Crippen LogP contribution in [0, 0.1) is 11.8 Å². The first-order valence-corrected chi connectivity index (χ1v) is 18.0. The Balaban J connectivity index is 1.36. The number of ether oxygens (including phenoxy) is 3. The molecule has 5 atom stereocenters. The number of nitrogens with one attached hydrogen (secondary N) is 2. The molecule has 2 aliphatic rings. The summed E-state index contributed by atoms with van der Waals surface area (Å²) in [6.45, 7) is 6.20. The minimum atomic E-state index is -4.09. The normalized spacial score (nSPS) is 21.2. The number of carbonyl (C=O) groups excluding carboxylic acids is 1. The SMILES string of the molecule is CC(C)CN(C(Cc1ccccc1)C(O)CNC(=O)OC1COC2OCCC12)S(=O)(=O)c1ccc2nc(NCCN(C)C)sc2c1. The van der Waals surface area contributed by atoms with Crippen molar-refractivity contribution >= 4 is 42.8 Å². The van der Waals surface area contributed by atoms with Crippen LogP contribution >= 0.6 is 11.3 Å². The van der Waals surface area contributed by atoms with Gasteiger partial charge in [-0.1, -0.05) is 55.5 Å². The molecule has 1 amide bonds. The molecule has 1 aromatic heterocycles. The van der Waals surface area contributed by atoms with Gasteiger partial charge in [-0.05, 0) is 56.6 Å². The Bertz CT molecular complexity index is 1550. The molecular weight excluding hydrogens is 631 g/mol. The molecule has 2 aliphatic heterocycles. The molecule has 3 N–H and O–H groups in total. The topological polar surface area (TPSA) is 143 Å². The van der Waals surface area contributed by atoms with Crippen molar-refractivity contribution in [3.05, 3.63) is 54.1 Å². The van der Waals surface area contributed by atoms with Crippen molar-refractivity contribution in [2.24, 2.45) is 11.8 Å². The zero-order chi connectivity index (χ0) is 32.8. The lowest BCUT2D eigenvalue weighted by molar-refractivity contribution is -0.0907. The summed E-state index contributed by atoms with van der Waals surface area (Å²) in [5.74, 6) is -0.0595. The van der Waals surface area contributed by atoms with Crippen molar-refractivity contribution in [2.75, 3.05) is 58.8 Å². The number of sulfonamides is 1. The number of likely N-dealkylation sites (N-methyl/N-ethyl adjacent to an activating group) is 1. The summed E-state index contributed by atoms with van der Waals surface area (Å²) in [5, 5.41) is 18.3. The van der Waals surface area contributed by atoms with Gasteiger partial charge in [-0.2, -0.15) is 4.31 Å². The maximum absolute atomic E-state index is 14.4. The molecule has 0 radical (unpaired) electrons. The number of alkyl carbamates (subject to hydrolysis) is 1. The number of fused-ring (bicyclic) bond motifs is 2. The number of amides is 1. The van der Waals surface area contributed by atoms with E-state index < -0.39 is 34.4 Å². The van der Waals surface area contributed by atoms with E-state index in [1.54, 1.807) is 18.2 Å². The average molecular weight is 676 g/mol. The van der Waals surface area contributed by atoms with Crippen LogP contribution in [0.25, 0.3) is 10.2 Å². The molecule has 0 spiro atoms. The second-order valence-electron chi connectivity index (χ2n) is 12.5. The first-order chi connectivity index (χ1) is 22.0. The summed E-state index contributed by atoms with van der Waals surface area (Å²) in [7, 11) is -0.0960. The van der Waals surface area contributed by atoms with Gasteiger partial charge in [0.1, 0.15) is 6.10 Å². The Kier molecular flexibility index (Phi) is 11.5. The molecule has 2 fully saturated rings. The first kappa shape index (κ1) is 34.5. The van der Waals surface area contributed by atoms with Crippen molar-refractivity contribution in [3.63, 3.8) is 0 Å². The standard InChI is InChI=1S/C32H45N5O7S2/c1-21(2)19-37(46(40,41)23-10-11-25-29(17-23)45-31(35-25)33-13-14-36(3)4)26(16-22-8-6-5-7-9-22)27(38)18-34-32(39)44-28-20-43-30-24(28)12-15-42-30/h5-11,17,21,24,26-28,30,38H,12-16,18-20H2,1-4H3,(H,33,35)(H,34,39). The van der Waals surface area contributed by atoms with Gasteiger partial charge in [0.2, 0.25) is 10.0 Å². The predicted molar refractivity (Wildman–Crippen MR) is 177 cm³/mol. The van der Waals surface area contributed by atoms with Crippen LogP contribution < -0.4 is 10.6 Å². The van der Waals surface area contributed by atoms with Crippen LogP contribution in [0.3, 0.4) is 0 Å². The molecule has 14 heteroatoms. The number of benzene rings is 2. The second kappa shape index (κ2) is 15.4. The number of aliphatic hydroxyl groups is 1. The molecule has 3 heterocycles. The molecule has 0 aliphatic carbocycles. The van der Waals surface area contributed by atoms with Gasteiger partial charge in [0, 0.05) is 26.2 Å². The number of anilines is 1. The number of rotatable bonds is 15. The highest BCUT2D eigenvalue weighted by atomic mass is 32.2. The minimum absolute atomic E-state index is 0.0195. The van der Waals surface area contributed by atoms with Crippen LogP contribution in [0.15, 0.2) is 53.4 Å². The average Bonchev–Trinajstić information content (AvgIpc) is 3.74. The summed E-state index contributed by atoms with van der Waals surface area (Å²) in [6.07, 6.45) is -1.73. The van der Waals surface area contributed by atoms with Crippen molar-refractivity contribution in [1.82, 2.24) is 19.5 Å². The molecule has 3 aromatic rings. The van der Waals surface area contributed by atoms with Gasteiger partial charge in [0.15, 0.2) is 11.4 Å². The zero-order valence-electron chi connectivity index (χ0n) is 26.8. The molecule has 46 heavy (non-hydrogen) atoms. The Morgan fingerprint density at radius 1 is 1.17 bits per heavy atom. The van der Waals surface area contributed by atoms with E-state index in [1.165, 1.54) is 15.6 Å². The van der Waals surface area contributed by atoms with E-state index in [-0.39, 0.29) is 49.1 Å². The minimum Gasteiger partial charge on any atom is -0.443 e. The molecule has 2 saturated heterocycles. The Hall–Kier alpha value is -2.85. The molecule has 5 rings (SSSR count). The summed E-state index contributed by atoms with van der Waals surface area (Å²) < 4.78 is 47.6. The molecule has 5 unspecified atom stereocenters. The van der Waals surface area contributed by atoms with Crippen molar-refractivity contribution in [1.29, 1.82) is 0 Å².